The van der Waals surface area contributed by atoms with Gasteiger partial charge in [0, 0.05) is 58.1 Å². The first-order valence-corrected chi connectivity index (χ1v) is 9.43. The quantitative estimate of drug-likeness (QED) is 0.826. The largest absolute Gasteiger partial charge is 0.351 e. The van der Waals surface area contributed by atoms with E-state index < -0.39 is 0 Å². The summed E-state index contributed by atoms with van der Waals surface area (Å²) in [6.07, 6.45) is 3.89. The molecular weight excluding hydrogens is 364 g/mol. The molecule has 1 saturated heterocycles. The molecule has 1 aromatic heterocycles. The van der Waals surface area contributed by atoms with Crippen LogP contribution in [0, 0.1) is 0 Å². The number of nitrogens with zero attached hydrogens (tertiary/aromatic N) is 3. The summed E-state index contributed by atoms with van der Waals surface area (Å²) in [6.45, 7) is 4.30. The molecule has 1 fully saturated rings. The van der Waals surface area contributed by atoms with Crippen molar-refractivity contribution < 1.29 is 9.59 Å². The Bertz CT molecular complexity index is 777. The fourth-order valence-corrected chi connectivity index (χ4v) is 3.30. The van der Waals surface area contributed by atoms with Crippen LogP contribution in [0.25, 0.3) is 0 Å². The van der Waals surface area contributed by atoms with Gasteiger partial charge < -0.3 is 10.2 Å². The number of aromatic nitrogens is 1. The molecule has 2 amide bonds. The van der Waals surface area contributed by atoms with Crippen LogP contribution in [0.2, 0.25) is 5.02 Å². The Morgan fingerprint density at radius 2 is 1.74 bits per heavy atom. The molecule has 0 bridgehead atoms. The number of carbonyl (C=O) groups is 2. The molecule has 0 aliphatic carbocycles. The minimum atomic E-state index is -0.254. The molecule has 1 aliphatic rings. The molecule has 2 aromatic rings. The first-order valence-electron chi connectivity index (χ1n) is 9.05. The predicted octanol–water partition coefficient (Wildman–Crippen LogP) is 2.20. The average molecular weight is 387 g/mol. The van der Waals surface area contributed by atoms with Gasteiger partial charge in [0.1, 0.15) is 0 Å². The fourth-order valence-electron chi connectivity index (χ4n) is 3.08. The monoisotopic (exact) mass is 386 g/mol. The van der Waals surface area contributed by atoms with Gasteiger partial charge in [-0.1, -0.05) is 23.7 Å². The van der Waals surface area contributed by atoms with Crippen LogP contribution >= 0.6 is 11.6 Å². The molecule has 142 valence electrons. The van der Waals surface area contributed by atoms with E-state index in [1.807, 2.05) is 17.0 Å². The summed E-state index contributed by atoms with van der Waals surface area (Å²) in [5.41, 5.74) is 1.66. The fraction of sp³-hybridized carbons (Fsp3) is 0.350. The van der Waals surface area contributed by atoms with Crippen molar-refractivity contribution in [3.63, 3.8) is 0 Å². The summed E-state index contributed by atoms with van der Waals surface area (Å²) >= 11 is 6.01. The maximum absolute atomic E-state index is 12.4. The Morgan fingerprint density at radius 1 is 1.04 bits per heavy atom. The normalized spacial score (nSPS) is 14.8. The van der Waals surface area contributed by atoms with Crippen LogP contribution < -0.4 is 5.32 Å². The summed E-state index contributed by atoms with van der Waals surface area (Å²) in [5, 5.41) is 3.17. The number of carbonyl (C=O) groups excluding carboxylic acids is 2. The highest BCUT2D eigenvalue weighted by atomic mass is 35.5. The van der Waals surface area contributed by atoms with Gasteiger partial charge in [0.15, 0.2) is 0 Å². The van der Waals surface area contributed by atoms with Gasteiger partial charge in [-0.15, -0.1) is 0 Å². The van der Waals surface area contributed by atoms with Crippen LogP contribution in [0.4, 0.5) is 0 Å². The van der Waals surface area contributed by atoms with Crippen molar-refractivity contribution >= 4 is 23.4 Å². The van der Waals surface area contributed by atoms with Crippen molar-refractivity contribution in [2.24, 2.45) is 0 Å². The van der Waals surface area contributed by atoms with E-state index in [2.05, 4.69) is 15.2 Å². The number of halogens is 1. The molecule has 1 N–H and O–H groups in total. The molecular formula is C20H23ClN4O2. The second-order valence-corrected chi connectivity index (χ2v) is 6.91. The van der Waals surface area contributed by atoms with E-state index in [1.165, 1.54) is 5.56 Å². The highest BCUT2D eigenvalue weighted by molar-refractivity contribution is 6.33. The van der Waals surface area contributed by atoms with Crippen molar-refractivity contribution in [1.82, 2.24) is 20.1 Å². The molecule has 0 spiro atoms. The van der Waals surface area contributed by atoms with Crippen LogP contribution in [-0.4, -0.2) is 59.3 Å². The molecule has 2 heterocycles. The minimum Gasteiger partial charge on any atom is -0.351 e. The summed E-state index contributed by atoms with van der Waals surface area (Å²) in [6, 6.07) is 10.9. The first kappa shape index (κ1) is 19.3. The standard InChI is InChI=1S/C20H23ClN4O2/c21-18-4-2-1-3-17(18)20(27)23-10-7-19(26)25-13-11-24(12-14-25)15-16-5-8-22-9-6-16/h1-6,8-9H,7,10-15H2,(H,23,27). The van der Waals surface area contributed by atoms with Gasteiger partial charge in [-0.3, -0.25) is 19.5 Å². The van der Waals surface area contributed by atoms with Crippen molar-refractivity contribution in [3.05, 3.63) is 64.9 Å². The van der Waals surface area contributed by atoms with E-state index >= 15 is 0 Å². The van der Waals surface area contributed by atoms with Gasteiger partial charge in [0.05, 0.1) is 10.6 Å². The van der Waals surface area contributed by atoms with E-state index in [-0.39, 0.29) is 11.8 Å². The minimum absolute atomic E-state index is 0.0676. The Balaban J connectivity index is 1.38. The smallest absolute Gasteiger partial charge is 0.252 e. The number of hydrogen-bond donors (Lipinski definition) is 1. The Labute approximate surface area is 164 Å². The van der Waals surface area contributed by atoms with E-state index in [1.54, 1.807) is 36.7 Å². The maximum Gasteiger partial charge on any atom is 0.252 e. The zero-order valence-electron chi connectivity index (χ0n) is 15.1. The lowest BCUT2D eigenvalue weighted by Crippen LogP contribution is -2.48. The van der Waals surface area contributed by atoms with E-state index in [0.717, 1.165) is 19.6 Å². The van der Waals surface area contributed by atoms with Gasteiger partial charge in [0.25, 0.3) is 5.91 Å². The van der Waals surface area contributed by atoms with E-state index in [0.29, 0.717) is 36.6 Å². The predicted molar refractivity (Wildman–Crippen MR) is 104 cm³/mol. The van der Waals surface area contributed by atoms with Crippen LogP contribution in [0.1, 0.15) is 22.3 Å². The summed E-state index contributed by atoms with van der Waals surface area (Å²) in [4.78, 5) is 32.7. The van der Waals surface area contributed by atoms with Crippen molar-refractivity contribution in [3.8, 4) is 0 Å². The summed E-state index contributed by atoms with van der Waals surface area (Å²) in [7, 11) is 0. The second-order valence-electron chi connectivity index (χ2n) is 6.50. The second kappa shape index (κ2) is 9.48. The molecule has 0 atom stereocenters. The number of hydrogen-bond acceptors (Lipinski definition) is 4. The molecule has 27 heavy (non-hydrogen) atoms. The van der Waals surface area contributed by atoms with Crippen molar-refractivity contribution in [1.29, 1.82) is 0 Å². The highest BCUT2D eigenvalue weighted by Gasteiger charge is 2.21. The van der Waals surface area contributed by atoms with Crippen LogP contribution in [0.15, 0.2) is 48.8 Å². The lowest BCUT2D eigenvalue weighted by Gasteiger charge is -2.34. The van der Waals surface area contributed by atoms with Crippen LogP contribution in [-0.2, 0) is 11.3 Å². The zero-order valence-corrected chi connectivity index (χ0v) is 15.9. The third-order valence-electron chi connectivity index (χ3n) is 4.62. The van der Waals surface area contributed by atoms with Crippen LogP contribution in [0.5, 0.6) is 0 Å². The number of benzene rings is 1. The highest BCUT2D eigenvalue weighted by Crippen LogP contribution is 2.14. The number of rotatable bonds is 6. The Hall–Kier alpha value is -2.44. The van der Waals surface area contributed by atoms with E-state index in [4.69, 9.17) is 11.6 Å². The molecule has 0 saturated carbocycles. The molecule has 0 radical (unpaired) electrons. The number of amides is 2. The SMILES string of the molecule is O=C(NCCC(=O)N1CCN(Cc2ccncc2)CC1)c1ccccc1Cl. The van der Waals surface area contributed by atoms with Crippen molar-refractivity contribution in [2.75, 3.05) is 32.7 Å². The maximum atomic E-state index is 12.4. The van der Waals surface area contributed by atoms with Gasteiger partial charge in [-0.05, 0) is 29.8 Å². The van der Waals surface area contributed by atoms with Crippen LogP contribution in [0.3, 0.4) is 0 Å². The van der Waals surface area contributed by atoms with Gasteiger partial charge in [-0.25, -0.2) is 0 Å². The summed E-state index contributed by atoms with van der Waals surface area (Å²) in [5.74, 6) is -0.186. The molecule has 1 aromatic carbocycles. The number of piperazine rings is 1. The topological polar surface area (TPSA) is 65.5 Å². The van der Waals surface area contributed by atoms with Gasteiger partial charge in [-0.2, -0.15) is 0 Å². The van der Waals surface area contributed by atoms with Crippen molar-refractivity contribution in [2.45, 2.75) is 13.0 Å². The van der Waals surface area contributed by atoms with Gasteiger partial charge in [0.2, 0.25) is 5.91 Å². The third kappa shape index (κ3) is 5.52. The number of nitrogens with one attached hydrogen (secondary N) is 1. The lowest BCUT2D eigenvalue weighted by molar-refractivity contribution is -0.132. The molecule has 3 rings (SSSR count). The molecule has 1 aliphatic heterocycles. The van der Waals surface area contributed by atoms with Gasteiger partial charge >= 0.3 is 0 Å². The third-order valence-corrected chi connectivity index (χ3v) is 4.95. The Kier molecular flexibility index (Phi) is 6.79. The first-order chi connectivity index (χ1) is 13.1. The summed E-state index contributed by atoms with van der Waals surface area (Å²) < 4.78 is 0. The lowest BCUT2D eigenvalue weighted by atomic mass is 10.2. The molecule has 6 nitrogen and oxygen atoms in total. The van der Waals surface area contributed by atoms with E-state index in [9.17, 15) is 9.59 Å². The molecule has 7 heteroatoms. The average Bonchev–Trinajstić information content (AvgIpc) is 2.69. The zero-order chi connectivity index (χ0) is 19.1. The Morgan fingerprint density at radius 3 is 2.44 bits per heavy atom. The number of pyridine rings is 1. The molecule has 0 unspecified atom stereocenters.